The monoisotopic (exact) mass is 334 g/mol. The van der Waals surface area contributed by atoms with Gasteiger partial charge in [0.05, 0.1) is 18.3 Å². The van der Waals surface area contributed by atoms with E-state index in [2.05, 4.69) is 34.4 Å². The molecule has 0 bridgehead atoms. The first-order chi connectivity index (χ1) is 11.5. The van der Waals surface area contributed by atoms with Gasteiger partial charge in [-0.1, -0.05) is 19.9 Å². The van der Waals surface area contributed by atoms with Crippen LogP contribution in [0.15, 0.2) is 18.3 Å². The van der Waals surface area contributed by atoms with Gasteiger partial charge in [0.25, 0.3) is 0 Å². The van der Waals surface area contributed by atoms with Gasteiger partial charge in [0, 0.05) is 39.0 Å². The Labute approximate surface area is 145 Å². The Balaban J connectivity index is 1.89. The van der Waals surface area contributed by atoms with E-state index in [1.165, 1.54) is 0 Å². The summed E-state index contributed by atoms with van der Waals surface area (Å²) in [7, 11) is 1.71. The maximum absolute atomic E-state index is 12.4. The average molecular weight is 334 g/mol. The minimum Gasteiger partial charge on any atom is -0.383 e. The number of carbonyl (C=O) groups excluding carboxylic acids is 1. The zero-order chi connectivity index (χ0) is 17.5. The number of nitrogens with zero attached hydrogens (tertiary/aromatic N) is 2. The number of ether oxygens (including phenoxy) is 1. The first kappa shape index (κ1) is 18.7. The van der Waals surface area contributed by atoms with Crippen molar-refractivity contribution in [3.05, 3.63) is 29.6 Å². The molecule has 2 atom stereocenters. The van der Waals surface area contributed by atoms with E-state index in [0.29, 0.717) is 0 Å². The zero-order valence-electron chi connectivity index (χ0n) is 15.2. The molecule has 2 rings (SSSR count). The number of likely N-dealkylation sites (tertiary alicyclic amines) is 1. The third-order valence-corrected chi connectivity index (χ3v) is 4.52. The van der Waals surface area contributed by atoms with E-state index >= 15 is 0 Å². The van der Waals surface area contributed by atoms with E-state index in [9.17, 15) is 4.79 Å². The van der Waals surface area contributed by atoms with Crippen LogP contribution in [0.1, 0.15) is 37.6 Å². The number of hydrogen-bond donors (Lipinski definition) is 2. The molecule has 1 aliphatic heterocycles. The minimum atomic E-state index is -0.114. The average Bonchev–Trinajstić information content (AvgIpc) is 2.98. The number of hydrogen-bond acceptors (Lipinski definition) is 4. The molecular formula is C18H30N4O2. The Morgan fingerprint density at radius 2 is 2.29 bits per heavy atom. The van der Waals surface area contributed by atoms with Gasteiger partial charge in [-0.2, -0.15) is 0 Å². The maximum Gasteiger partial charge on any atom is 0.315 e. The predicted molar refractivity (Wildman–Crippen MR) is 94.9 cm³/mol. The van der Waals surface area contributed by atoms with Crippen LogP contribution < -0.4 is 10.6 Å². The summed E-state index contributed by atoms with van der Waals surface area (Å²) in [5.41, 5.74) is 2.04. The van der Waals surface area contributed by atoms with Gasteiger partial charge in [0.1, 0.15) is 0 Å². The second kappa shape index (κ2) is 8.99. The Bertz CT molecular complexity index is 536. The number of nitrogens with one attached hydrogen (secondary N) is 2. The van der Waals surface area contributed by atoms with E-state index < -0.39 is 0 Å². The number of aryl methyl sites for hydroxylation is 1. The molecule has 1 aliphatic rings. The van der Waals surface area contributed by atoms with Gasteiger partial charge >= 0.3 is 6.03 Å². The van der Waals surface area contributed by atoms with Crippen molar-refractivity contribution in [3.8, 4) is 0 Å². The Kier molecular flexibility index (Phi) is 6.99. The molecule has 0 radical (unpaired) electrons. The molecule has 1 aromatic heterocycles. The van der Waals surface area contributed by atoms with E-state index in [1.807, 2.05) is 19.1 Å². The summed E-state index contributed by atoms with van der Waals surface area (Å²) in [5, 5.41) is 6.20. The Morgan fingerprint density at radius 3 is 2.96 bits per heavy atom. The van der Waals surface area contributed by atoms with Crippen molar-refractivity contribution in [2.24, 2.45) is 5.92 Å². The summed E-state index contributed by atoms with van der Waals surface area (Å²) in [6.45, 7) is 9.75. The molecule has 0 aromatic carbocycles. The fourth-order valence-corrected chi connectivity index (χ4v) is 3.12. The van der Waals surface area contributed by atoms with Crippen molar-refractivity contribution < 1.29 is 9.53 Å². The van der Waals surface area contributed by atoms with Gasteiger partial charge in [-0.05, 0) is 30.9 Å². The lowest BCUT2D eigenvalue weighted by molar-refractivity contribution is 0.159. The molecule has 1 aromatic rings. The highest BCUT2D eigenvalue weighted by molar-refractivity contribution is 5.74. The minimum absolute atomic E-state index is 0.0859. The van der Waals surface area contributed by atoms with E-state index in [4.69, 9.17) is 4.74 Å². The smallest absolute Gasteiger partial charge is 0.315 e. The largest absolute Gasteiger partial charge is 0.383 e. The quantitative estimate of drug-likeness (QED) is 0.801. The highest BCUT2D eigenvalue weighted by Gasteiger charge is 2.26. The molecule has 2 N–H and O–H groups in total. The summed E-state index contributed by atoms with van der Waals surface area (Å²) in [5.74, 6) is 0.270. The van der Waals surface area contributed by atoms with Crippen LogP contribution in [0.5, 0.6) is 0 Å². The number of methoxy groups -OCH3 is 1. The van der Waals surface area contributed by atoms with Crippen LogP contribution in [0.4, 0.5) is 4.79 Å². The first-order valence-corrected chi connectivity index (χ1v) is 8.71. The van der Waals surface area contributed by atoms with Crippen LogP contribution in [0.2, 0.25) is 0 Å². The first-order valence-electron chi connectivity index (χ1n) is 8.71. The molecule has 24 heavy (non-hydrogen) atoms. The van der Waals surface area contributed by atoms with Gasteiger partial charge in [-0.25, -0.2) is 4.79 Å². The molecule has 2 heterocycles. The van der Waals surface area contributed by atoms with Crippen molar-refractivity contribution in [1.29, 1.82) is 0 Å². The lowest BCUT2D eigenvalue weighted by atomic mass is 9.97. The Morgan fingerprint density at radius 1 is 1.50 bits per heavy atom. The third kappa shape index (κ3) is 5.18. The maximum atomic E-state index is 12.4. The molecule has 1 fully saturated rings. The third-order valence-electron chi connectivity index (χ3n) is 4.52. The van der Waals surface area contributed by atoms with Crippen molar-refractivity contribution in [2.45, 2.75) is 39.3 Å². The van der Waals surface area contributed by atoms with Crippen molar-refractivity contribution in [1.82, 2.24) is 20.5 Å². The van der Waals surface area contributed by atoms with Crippen LogP contribution in [0.25, 0.3) is 0 Å². The molecule has 0 spiro atoms. The number of rotatable bonds is 7. The highest BCUT2D eigenvalue weighted by Crippen LogP contribution is 2.22. The van der Waals surface area contributed by atoms with E-state index in [-0.39, 0.29) is 24.0 Å². The SMILES string of the molecule is COCCN1CC[C@H](NC(=O)N[C@H](c2ncccc2C)C(C)C)C1. The van der Waals surface area contributed by atoms with Gasteiger partial charge in [-0.3, -0.25) is 9.88 Å². The highest BCUT2D eigenvalue weighted by atomic mass is 16.5. The van der Waals surface area contributed by atoms with Crippen LogP contribution in [-0.4, -0.2) is 55.3 Å². The van der Waals surface area contributed by atoms with Gasteiger partial charge in [0.2, 0.25) is 0 Å². The van der Waals surface area contributed by atoms with Crippen LogP contribution in [-0.2, 0) is 4.74 Å². The predicted octanol–water partition coefficient (Wildman–Crippen LogP) is 2.11. The molecule has 134 valence electrons. The summed E-state index contributed by atoms with van der Waals surface area (Å²) >= 11 is 0. The molecule has 6 heteroatoms. The van der Waals surface area contributed by atoms with E-state index in [1.54, 1.807) is 13.3 Å². The molecule has 0 saturated carbocycles. The lowest BCUT2D eigenvalue weighted by Gasteiger charge is -2.24. The van der Waals surface area contributed by atoms with Gasteiger partial charge in [-0.15, -0.1) is 0 Å². The summed E-state index contributed by atoms with van der Waals surface area (Å²) in [6.07, 6.45) is 2.76. The van der Waals surface area contributed by atoms with Crippen molar-refractivity contribution in [3.63, 3.8) is 0 Å². The number of amides is 2. The lowest BCUT2D eigenvalue weighted by Crippen LogP contribution is -2.46. The van der Waals surface area contributed by atoms with Crippen LogP contribution in [0, 0.1) is 12.8 Å². The number of carbonyl (C=O) groups is 1. The molecule has 0 unspecified atom stereocenters. The molecule has 2 amide bonds. The van der Waals surface area contributed by atoms with Crippen LogP contribution in [0.3, 0.4) is 0 Å². The number of urea groups is 1. The fourth-order valence-electron chi connectivity index (χ4n) is 3.12. The van der Waals surface area contributed by atoms with Crippen molar-refractivity contribution >= 4 is 6.03 Å². The molecule has 0 aliphatic carbocycles. The second-order valence-electron chi connectivity index (χ2n) is 6.82. The zero-order valence-corrected chi connectivity index (χ0v) is 15.2. The van der Waals surface area contributed by atoms with E-state index in [0.717, 1.165) is 43.9 Å². The second-order valence-corrected chi connectivity index (χ2v) is 6.82. The summed E-state index contributed by atoms with van der Waals surface area (Å²) < 4.78 is 5.11. The normalized spacial score (nSPS) is 19.5. The molecule has 1 saturated heterocycles. The van der Waals surface area contributed by atoms with Gasteiger partial charge < -0.3 is 15.4 Å². The molecule has 6 nitrogen and oxygen atoms in total. The summed E-state index contributed by atoms with van der Waals surface area (Å²) in [4.78, 5) is 19.2. The topological polar surface area (TPSA) is 66.5 Å². The van der Waals surface area contributed by atoms with Gasteiger partial charge in [0.15, 0.2) is 0 Å². The number of pyridine rings is 1. The van der Waals surface area contributed by atoms with Crippen molar-refractivity contribution in [2.75, 3.05) is 33.4 Å². The Hall–Kier alpha value is -1.66. The molecular weight excluding hydrogens is 304 g/mol. The fraction of sp³-hybridized carbons (Fsp3) is 0.667. The van der Waals surface area contributed by atoms with Crippen LogP contribution >= 0.6 is 0 Å². The summed E-state index contributed by atoms with van der Waals surface area (Å²) in [6, 6.07) is 3.94. The number of aromatic nitrogens is 1. The standard InChI is InChI=1S/C18H30N4O2/c1-13(2)16(17-14(3)6-5-8-19-17)21-18(23)20-15-7-9-22(12-15)10-11-24-4/h5-6,8,13,15-16H,7,9-12H2,1-4H3,(H2,20,21,23)/t15-,16-/m0/s1.